The smallest absolute Gasteiger partial charge is 0.0329 e. The molecule has 4 unspecified atom stereocenters. The van der Waals surface area contributed by atoms with Crippen molar-refractivity contribution >= 4 is 0 Å². The zero-order valence-electron chi connectivity index (χ0n) is 5.02. The van der Waals surface area contributed by atoms with Crippen molar-refractivity contribution in [3.05, 3.63) is 0 Å². The predicted molar refractivity (Wildman–Crippen MR) is 29.9 cm³/mol. The molecule has 0 aromatic carbocycles. The molecule has 0 amide bonds. The highest BCUT2D eigenvalue weighted by Gasteiger charge is 2.57. The van der Waals surface area contributed by atoms with E-state index >= 15 is 0 Å². The second-order valence-corrected chi connectivity index (χ2v) is 3.31. The summed E-state index contributed by atoms with van der Waals surface area (Å²) in [5.41, 5.74) is 0. The maximum Gasteiger partial charge on any atom is -0.0329 e. The molecule has 0 aromatic heterocycles. The number of rotatable bonds is 0. The molecular weight excluding hydrogens is 84.1 g/mol. The summed E-state index contributed by atoms with van der Waals surface area (Å²) in [7, 11) is 0. The zero-order valence-corrected chi connectivity index (χ0v) is 5.02. The first kappa shape index (κ1) is 3.94. The van der Waals surface area contributed by atoms with Gasteiger partial charge in [0, 0.05) is 0 Å². The first-order valence-electron chi connectivity index (χ1n) is 3.30. The van der Waals surface area contributed by atoms with E-state index in [4.69, 9.17) is 0 Å². The SMILES string of the molecule is CC1CC2C(C)C12. The Bertz CT molecular complexity index is 85.5. The summed E-state index contributed by atoms with van der Waals surface area (Å²) in [6, 6.07) is 0. The molecule has 0 heteroatoms. The molecule has 2 aliphatic rings. The average molecular weight is 96.2 g/mol. The summed E-state index contributed by atoms with van der Waals surface area (Å²) in [6.07, 6.45) is 1.53. The molecule has 0 radical (unpaired) electrons. The second-order valence-electron chi connectivity index (χ2n) is 3.31. The van der Waals surface area contributed by atoms with E-state index in [1.54, 1.807) is 0 Å². The highest BCUT2D eigenvalue weighted by atomic mass is 14.6. The Labute approximate surface area is 44.9 Å². The van der Waals surface area contributed by atoms with Crippen LogP contribution in [0.25, 0.3) is 0 Å². The minimum atomic E-state index is 1.08. The summed E-state index contributed by atoms with van der Waals surface area (Å²) in [6.45, 7) is 4.77. The van der Waals surface area contributed by atoms with Gasteiger partial charge in [0.2, 0.25) is 0 Å². The van der Waals surface area contributed by atoms with E-state index in [0.717, 1.165) is 11.8 Å². The Morgan fingerprint density at radius 3 is 2.00 bits per heavy atom. The second kappa shape index (κ2) is 0.888. The minimum Gasteiger partial charge on any atom is -0.0622 e. The van der Waals surface area contributed by atoms with Crippen molar-refractivity contribution in [2.24, 2.45) is 23.7 Å². The van der Waals surface area contributed by atoms with Crippen molar-refractivity contribution in [3.63, 3.8) is 0 Å². The van der Waals surface area contributed by atoms with Gasteiger partial charge < -0.3 is 0 Å². The van der Waals surface area contributed by atoms with Gasteiger partial charge in [-0.15, -0.1) is 0 Å². The normalized spacial score (nSPS) is 66.0. The van der Waals surface area contributed by atoms with E-state index in [1.165, 1.54) is 18.3 Å². The monoisotopic (exact) mass is 96.1 g/mol. The van der Waals surface area contributed by atoms with E-state index in [-0.39, 0.29) is 0 Å². The summed E-state index contributed by atoms with van der Waals surface area (Å²) in [5, 5.41) is 0. The third-order valence-corrected chi connectivity index (χ3v) is 2.94. The first-order chi connectivity index (χ1) is 3.30. The van der Waals surface area contributed by atoms with Crippen LogP contribution in [-0.4, -0.2) is 0 Å². The summed E-state index contributed by atoms with van der Waals surface area (Å²) < 4.78 is 0. The molecule has 0 aliphatic heterocycles. The van der Waals surface area contributed by atoms with E-state index in [1.807, 2.05) is 0 Å². The molecule has 0 N–H and O–H groups in total. The summed E-state index contributed by atoms with van der Waals surface area (Å²) >= 11 is 0. The molecule has 4 atom stereocenters. The van der Waals surface area contributed by atoms with Crippen molar-refractivity contribution in [2.75, 3.05) is 0 Å². The molecular formula is C7H12. The van der Waals surface area contributed by atoms with Crippen molar-refractivity contribution < 1.29 is 0 Å². The molecule has 0 nitrogen and oxygen atoms in total. The van der Waals surface area contributed by atoms with Crippen molar-refractivity contribution in [2.45, 2.75) is 20.3 Å². The Morgan fingerprint density at radius 1 is 1.29 bits per heavy atom. The Balaban J connectivity index is 2.05. The van der Waals surface area contributed by atoms with Gasteiger partial charge in [-0.05, 0) is 30.1 Å². The largest absolute Gasteiger partial charge is 0.0622 e. The van der Waals surface area contributed by atoms with Crippen LogP contribution in [0.3, 0.4) is 0 Å². The van der Waals surface area contributed by atoms with Crippen molar-refractivity contribution in [3.8, 4) is 0 Å². The standard InChI is InChI=1S/C7H12/c1-4-3-6-5(2)7(4)6/h4-7H,3H2,1-2H3. The van der Waals surface area contributed by atoms with E-state index in [9.17, 15) is 0 Å². The molecule has 0 aromatic rings. The van der Waals surface area contributed by atoms with Crippen LogP contribution in [0.1, 0.15) is 20.3 Å². The Hall–Kier alpha value is 0. The molecule has 2 saturated carbocycles. The van der Waals surface area contributed by atoms with Gasteiger partial charge in [0.15, 0.2) is 0 Å². The fourth-order valence-electron chi connectivity index (χ4n) is 2.28. The average Bonchev–Trinajstić information content (AvgIpc) is 2.07. The lowest BCUT2D eigenvalue weighted by Gasteiger charge is -2.18. The molecule has 0 bridgehead atoms. The van der Waals surface area contributed by atoms with E-state index in [0.29, 0.717) is 0 Å². The van der Waals surface area contributed by atoms with Gasteiger partial charge in [0.1, 0.15) is 0 Å². The third kappa shape index (κ3) is 0.296. The summed E-state index contributed by atoms with van der Waals surface area (Å²) in [5.74, 6) is 4.53. The van der Waals surface area contributed by atoms with Gasteiger partial charge in [-0.1, -0.05) is 13.8 Å². The fourth-order valence-corrected chi connectivity index (χ4v) is 2.28. The Morgan fingerprint density at radius 2 is 2.00 bits per heavy atom. The topological polar surface area (TPSA) is 0 Å². The first-order valence-corrected chi connectivity index (χ1v) is 3.30. The lowest BCUT2D eigenvalue weighted by atomic mass is 9.88. The zero-order chi connectivity index (χ0) is 5.02. The van der Waals surface area contributed by atoms with E-state index in [2.05, 4.69) is 13.8 Å². The van der Waals surface area contributed by atoms with Gasteiger partial charge in [-0.2, -0.15) is 0 Å². The van der Waals surface area contributed by atoms with Crippen LogP contribution in [0.4, 0.5) is 0 Å². The van der Waals surface area contributed by atoms with Crippen molar-refractivity contribution in [1.29, 1.82) is 0 Å². The van der Waals surface area contributed by atoms with Gasteiger partial charge in [-0.3, -0.25) is 0 Å². The Kier molecular flexibility index (Phi) is 0.499. The number of hydrogen-bond donors (Lipinski definition) is 0. The molecule has 0 spiro atoms. The van der Waals surface area contributed by atoms with Gasteiger partial charge in [0.25, 0.3) is 0 Å². The van der Waals surface area contributed by atoms with Crippen LogP contribution >= 0.6 is 0 Å². The molecule has 7 heavy (non-hydrogen) atoms. The van der Waals surface area contributed by atoms with E-state index < -0.39 is 0 Å². The maximum atomic E-state index is 2.39. The molecule has 0 heterocycles. The van der Waals surface area contributed by atoms with Crippen LogP contribution in [0.5, 0.6) is 0 Å². The molecule has 2 fully saturated rings. The lowest BCUT2D eigenvalue weighted by molar-refractivity contribution is 0.317. The van der Waals surface area contributed by atoms with Crippen molar-refractivity contribution in [1.82, 2.24) is 0 Å². The van der Waals surface area contributed by atoms with Gasteiger partial charge in [0.05, 0.1) is 0 Å². The van der Waals surface area contributed by atoms with Crippen LogP contribution in [0, 0.1) is 23.7 Å². The highest BCUT2D eigenvalue weighted by molar-refractivity contribution is 5.06. The highest BCUT2D eigenvalue weighted by Crippen LogP contribution is 2.64. The van der Waals surface area contributed by atoms with Gasteiger partial charge in [-0.25, -0.2) is 0 Å². The molecule has 0 saturated heterocycles. The van der Waals surface area contributed by atoms with Crippen LogP contribution in [0.15, 0.2) is 0 Å². The molecule has 2 rings (SSSR count). The maximum absolute atomic E-state index is 2.39. The summed E-state index contributed by atoms with van der Waals surface area (Å²) in [4.78, 5) is 0. The van der Waals surface area contributed by atoms with Crippen LogP contribution in [-0.2, 0) is 0 Å². The molecule has 2 aliphatic carbocycles. The fraction of sp³-hybridized carbons (Fsp3) is 1.00. The lowest BCUT2D eigenvalue weighted by Crippen LogP contribution is -2.10. The predicted octanol–water partition coefficient (Wildman–Crippen LogP) is 1.91. The third-order valence-electron chi connectivity index (χ3n) is 2.94. The number of fused-ring (bicyclic) bond motifs is 1. The van der Waals surface area contributed by atoms with Gasteiger partial charge >= 0.3 is 0 Å². The van der Waals surface area contributed by atoms with Crippen LogP contribution < -0.4 is 0 Å². The minimum absolute atomic E-state index is 1.08. The quantitative estimate of drug-likeness (QED) is 0.432. The van der Waals surface area contributed by atoms with Crippen LogP contribution in [0.2, 0.25) is 0 Å². The number of hydrogen-bond acceptors (Lipinski definition) is 0. The molecule has 40 valence electrons.